The second kappa shape index (κ2) is 4.75. The number of hydrogen-bond donors (Lipinski definition) is 0. The SMILES string of the molecule is CC(=O)C1(C(F)(F)F)Cc2cc(N(C)C)ccc2C(=O)O1. The highest BCUT2D eigenvalue weighted by Crippen LogP contribution is 2.42. The molecule has 1 aliphatic heterocycles. The molecule has 0 aliphatic carbocycles. The smallest absolute Gasteiger partial charge is 0.436 e. The number of rotatable bonds is 2. The van der Waals surface area contributed by atoms with Gasteiger partial charge in [-0.1, -0.05) is 0 Å². The molecule has 0 fully saturated rings. The van der Waals surface area contributed by atoms with Gasteiger partial charge >= 0.3 is 12.1 Å². The van der Waals surface area contributed by atoms with E-state index in [9.17, 15) is 22.8 Å². The summed E-state index contributed by atoms with van der Waals surface area (Å²) in [4.78, 5) is 25.1. The van der Waals surface area contributed by atoms with E-state index in [1.54, 1.807) is 25.1 Å². The molecule has 0 N–H and O–H groups in total. The molecule has 0 amide bonds. The molecular weight excluding hydrogens is 287 g/mol. The average Bonchev–Trinajstić information content (AvgIpc) is 2.36. The minimum atomic E-state index is -4.96. The zero-order valence-corrected chi connectivity index (χ0v) is 11.7. The van der Waals surface area contributed by atoms with Crippen molar-refractivity contribution in [2.45, 2.75) is 25.1 Å². The first-order valence-electron chi connectivity index (χ1n) is 6.20. The Balaban J connectivity index is 2.58. The first-order chi connectivity index (χ1) is 9.58. The van der Waals surface area contributed by atoms with E-state index in [0.29, 0.717) is 5.69 Å². The van der Waals surface area contributed by atoms with E-state index in [1.807, 2.05) is 0 Å². The van der Waals surface area contributed by atoms with Gasteiger partial charge in [-0.15, -0.1) is 0 Å². The topological polar surface area (TPSA) is 46.6 Å². The molecule has 2 rings (SSSR count). The van der Waals surface area contributed by atoms with Crippen LogP contribution in [0, 0.1) is 0 Å². The van der Waals surface area contributed by atoms with Crippen LogP contribution in [-0.4, -0.2) is 37.6 Å². The van der Waals surface area contributed by atoms with Crippen LogP contribution in [0.25, 0.3) is 0 Å². The number of ketones is 1. The van der Waals surface area contributed by atoms with Crippen molar-refractivity contribution in [1.82, 2.24) is 0 Å². The molecule has 1 aliphatic rings. The van der Waals surface area contributed by atoms with E-state index >= 15 is 0 Å². The highest BCUT2D eigenvalue weighted by molar-refractivity contribution is 5.98. The van der Waals surface area contributed by atoms with E-state index in [2.05, 4.69) is 4.74 Å². The van der Waals surface area contributed by atoms with Crippen LogP contribution in [0.4, 0.5) is 18.9 Å². The third kappa shape index (κ3) is 2.36. The van der Waals surface area contributed by atoms with Gasteiger partial charge in [-0.05, 0) is 30.7 Å². The minimum Gasteiger partial charge on any atom is -0.437 e. The molecule has 1 heterocycles. The molecule has 0 spiro atoms. The lowest BCUT2D eigenvalue weighted by atomic mass is 9.85. The molecular formula is C14H14F3NO3. The summed E-state index contributed by atoms with van der Waals surface area (Å²) in [5.74, 6) is -2.36. The second-order valence-electron chi connectivity index (χ2n) is 5.18. The zero-order valence-electron chi connectivity index (χ0n) is 11.7. The second-order valence-corrected chi connectivity index (χ2v) is 5.18. The monoisotopic (exact) mass is 301 g/mol. The standard InChI is InChI=1S/C14H14F3NO3/c1-8(19)13(14(15,16)17)7-9-6-10(18(2)3)4-5-11(9)12(20)21-13/h4-6H,7H2,1-3H3. The molecule has 114 valence electrons. The predicted molar refractivity (Wildman–Crippen MR) is 69.4 cm³/mol. The first-order valence-corrected chi connectivity index (χ1v) is 6.20. The highest BCUT2D eigenvalue weighted by Gasteiger charge is 2.63. The molecule has 1 unspecified atom stereocenters. The van der Waals surface area contributed by atoms with Crippen LogP contribution in [0.5, 0.6) is 0 Å². The molecule has 1 aromatic carbocycles. The number of carbonyl (C=O) groups is 2. The molecule has 0 aromatic heterocycles. The summed E-state index contributed by atoms with van der Waals surface area (Å²) < 4.78 is 44.3. The first kappa shape index (κ1) is 15.3. The number of carbonyl (C=O) groups excluding carboxylic acids is 2. The van der Waals surface area contributed by atoms with Gasteiger partial charge in [0.25, 0.3) is 5.60 Å². The van der Waals surface area contributed by atoms with Crippen molar-refractivity contribution >= 4 is 17.4 Å². The summed E-state index contributed by atoms with van der Waals surface area (Å²) in [6, 6.07) is 4.49. The molecule has 7 heteroatoms. The van der Waals surface area contributed by atoms with E-state index in [1.165, 1.54) is 12.1 Å². The van der Waals surface area contributed by atoms with Crippen molar-refractivity contribution in [2.75, 3.05) is 19.0 Å². The van der Waals surface area contributed by atoms with Gasteiger partial charge in [-0.25, -0.2) is 4.79 Å². The fourth-order valence-corrected chi connectivity index (χ4v) is 2.28. The normalized spacial score (nSPS) is 21.5. The van der Waals surface area contributed by atoms with Crippen molar-refractivity contribution in [3.05, 3.63) is 29.3 Å². The molecule has 1 aromatic rings. The molecule has 0 saturated heterocycles. The number of ether oxygens (including phenoxy) is 1. The van der Waals surface area contributed by atoms with E-state index < -0.39 is 30.0 Å². The predicted octanol–water partition coefficient (Wildman–Crippen LogP) is 2.36. The van der Waals surface area contributed by atoms with Crippen LogP contribution in [0.3, 0.4) is 0 Å². The number of esters is 1. The number of hydrogen-bond acceptors (Lipinski definition) is 4. The van der Waals surface area contributed by atoms with Gasteiger partial charge in [-0.2, -0.15) is 13.2 Å². The summed E-state index contributed by atoms with van der Waals surface area (Å²) in [5.41, 5.74) is -2.24. The van der Waals surface area contributed by atoms with Crippen molar-refractivity contribution in [1.29, 1.82) is 0 Å². The molecule has 0 saturated carbocycles. The van der Waals surface area contributed by atoms with Gasteiger partial charge in [0.15, 0.2) is 5.78 Å². The number of nitrogens with zero attached hydrogens (tertiary/aromatic N) is 1. The Kier molecular flexibility index (Phi) is 3.47. The van der Waals surface area contributed by atoms with Gasteiger partial charge in [0, 0.05) is 26.2 Å². The van der Waals surface area contributed by atoms with Crippen molar-refractivity contribution < 1.29 is 27.5 Å². The average molecular weight is 301 g/mol. The lowest BCUT2D eigenvalue weighted by molar-refractivity contribution is -0.250. The maximum atomic E-state index is 13.3. The van der Waals surface area contributed by atoms with Crippen LogP contribution in [0.2, 0.25) is 0 Å². The van der Waals surface area contributed by atoms with E-state index in [0.717, 1.165) is 6.92 Å². The quantitative estimate of drug-likeness (QED) is 0.787. The zero-order chi connectivity index (χ0) is 16.0. The molecule has 4 nitrogen and oxygen atoms in total. The van der Waals surface area contributed by atoms with E-state index in [-0.39, 0.29) is 11.1 Å². The summed E-state index contributed by atoms with van der Waals surface area (Å²) in [6.45, 7) is 0.779. The fourth-order valence-electron chi connectivity index (χ4n) is 2.28. The van der Waals surface area contributed by atoms with Crippen LogP contribution in [-0.2, 0) is 16.0 Å². The Morgan fingerprint density at radius 2 is 1.95 bits per heavy atom. The molecule has 1 atom stereocenters. The fraction of sp³-hybridized carbons (Fsp3) is 0.429. The third-order valence-electron chi connectivity index (χ3n) is 3.56. The summed E-state index contributed by atoms with van der Waals surface area (Å²) in [6.07, 6.45) is -5.66. The Morgan fingerprint density at radius 3 is 2.43 bits per heavy atom. The lowest BCUT2D eigenvalue weighted by Crippen LogP contribution is -2.58. The van der Waals surface area contributed by atoms with Gasteiger partial charge in [0.1, 0.15) is 0 Å². The van der Waals surface area contributed by atoms with Gasteiger partial charge in [-0.3, -0.25) is 4.79 Å². The number of alkyl halides is 3. The number of fused-ring (bicyclic) bond motifs is 1. The highest BCUT2D eigenvalue weighted by atomic mass is 19.4. The Labute approximate surface area is 119 Å². The van der Waals surface area contributed by atoms with Crippen molar-refractivity contribution in [3.8, 4) is 0 Å². The number of cyclic esters (lactones) is 1. The van der Waals surface area contributed by atoms with Gasteiger partial charge < -0.3 is 9.64 Å². The van der Waals surface area contributed by atoms with Crippen LogP contribution >= 0.6 is 0 Å². The number of Topliss-reactive ketones (excluding diaryl/α,β-unsaturated/α-hetero) is 1. The van der Waals surface area contributed by atoms with Crippen LogP contribution in [0.1, 0.15) is 22.8 Å². The van der Waals surface area contributed by atoms with Crippen molar-refractivity contribution in [2.24, 2.45) is 0 Å². The van der Waals surface area contributed by atoms with Crippen LogP contribution < -0.4 is 4.90 Å². The molecule has 0 bridgehead atoms. The molecule has 21 heavy (non-hydrogen) atoms. The number of anilines is 1. The summed E-state index contributed by atoms with van der Waals surface area (Å²) in [5, 5.41) is 0. The number of halogens is 3. The number of benzene rings is 1. The summed E-state index contributed by atoms with van der Waals surface area (Å²) >= 11 is 0. The van der Waals surface area contributed by atoms with Gasteiger partial charge in [0.2, 0.25) is 0 Å². The van der Waals surface area contributed by atoms with Gasteiger partial charge in [0.05, 0.1) is 5.56 Å². The largest absolute Gasteiger partial charge is 0.437 e. The summed E-state index contributed by atoms with van der Waals surface area (Å²) in [7, 11) is 3.45. The Bertz CT molecular complexity index is 610. The van der Waals surface area contributed by atoms with E-state index in [4.69, 9.17) is 0 Å². The lowest BCUT2D eigenvalue weighted by Gasteiger charge is -2.36. The Hall–Kier alpha value is -2.05. The Morgan fingerprint density at radius 1 is 1.33 bits per heavy atom. The minimum absolute atomic E-state index is 0.0572. The van der Waals surface area contributed by atoms with Crippen LogP contribution in [0.15, 0.2) is 18.2 Å². The maximum absolute atomic E-state index is 13.3. The maximum Gasteiger partial charge on any atom is 0.436 e. The third-order valence-corrected chi connectivity index (χ3v) is 3.56. The molecule has 0 radical (unpaired) electrons. The van der Waals surface area contributed by atoms with Crippen molar-refractivity contribution in [3.63, 3.8) is 0 Å².